The molecule has 2 rings (SSSR count). The van der Waals surface area contributed by atoms with Crippen molar-refractivity contribution in [2.24, 2.45) is 0 Å². The van der Waals surface area contributed by atoms with Crippen molar-refractivity contribution < 1.29 is 4.79 Å². The molecule has 70 valence electrons. The Morgan fingerprint density at radius 2 is 2.23 bits per heavy atom. The summed E-state index contributed by atoms with van der Waals surface area (Å²) in [6.45, 7) is 1.60. The largest absolute Gasteiger partial charge is 0.325 e. The van der Waals surface area contributed by atoms with E-state index in [2.05, 4.69) is 4.98 Å². The third-order valence-electron chi connectivity index (χ3n) is 2.74. The van der Waals surface area contributed by atoms with Crippen molar-refractivity contribution in [1.29, 1.82) is 0 Å². The van der Waals surface area contributed by atoms with Gasteiger partial charge in [-0.05, 0) is 12.8 Å². The smallest absolute Gasteiger partial charge is 0.177 e. The molecule has 1 fully saturated rings. The van der Waals surface area contributed by atoms with E-state index >= 15 is 0 Å². The molecule has 1 heterocycles. The molecule has 0 unspecified atom stereocenters. The molecule has 0 saturated heterocycles. The summed E-state index contributed by atoms with van der Waals surface area (Å²) in [6, 6.07) is 0.515. The summed E-state index contributed by atoms with van der Waals surface area (Å²) in [5.74, 6) is 0.115. The lowest BCUT2D eigenvalue weighted by Gasteiger charge is -2.12. The SMILES string of the molecule is CC(=O)c1cncn1C1CCCC1. The topological polar surface area (TPSA) is 34.9 Å². The summed E-state index contributed by atoms with van der Waals surface area (Å²) in [7, 11) is 0. The second kappa shape index (κ2) is 3.32. The Morgan fingerprint density at radius 1 is 1.54 bits per heavy atom. The van der Waals surface area contributed by atoms with Crippen molar-refractivity contribution >= 4 is 5.78 Å². The first-order valence-corrected chi connectivity index (χ1v) is 4.82. The molecular formula is C10H14N2O. The van der Waals surface area contributed by atoms with E-state index < -0.39 is 0 Å². The number of imidazole rings is 1. The second-order valence-electron chi connectivity index (χ2n) is 3.68. The third kappa shape index (κ3) is 1.50. The molecule has 0 spiro atoms. The predicted molar refractivity (Wildman–Crippen MR) is 49.7 cm³/mol. The van der Waals surface area contributed by atoms with Crippen LogP contribution in [0, 0.1) is 0 Å². The first kappa shape index (κ1) is 8.48. The number of Topliss-reactive ketones (excluding diaryl/α,β-unsaturated/α-hetero) is 1. The molecule has 13 heavy (non-hydrogen) atoms. The summed E-state index contributed by atoms with van der Waals surface area (Å²) in [5, 5.41) is 0. The Hall–Kier alpha value is -1.12. The van der Waals surface area contributed by atoms with Crippen LogP contribution in [0.15, 0.2) is 12.5 Å². The Kier molecular flexibility index (Phi) is 2.17. The fourth-order valence-electron chi connectivity index (χ4n) is 2.05. The molecule has 0 N–H and O–H groups in total. The lowest BCUT2D eigenvalue weighted by Crippen LogP contribution is -2.10. The average molecular weight is 178 g/mol. The van der Waals surface area contributed by atoms with Gasteiger partial charge >= 0.3 is 0 Å². The van der Waals surface area contributed by atoms with E-state index in [0.29, 0.717) is 6.04 Å². The zero-order chi connectivity index (χ0) is 9.26. The van der Waals surface area contributed by atoms with Crippen molar-refractivity contribution in [3.05, 3.63) is 18.2 Å². The zero-order valence-electron chi connectivity index (χ0n) is 7.86. The number of carbonyl (C=O) groups is 1. The molecule has 1 aliphatic carbocycles. The molecule has 0 radical (unpaired) electrons. The molecule has 0 amide bonds. The van der Waals surface area contributed by atoms with Crippen LogP contribution in [0.1, 0.15) is 49.1 Å². The Balaban J connectivity index is 2.28. The van der Waals surface area contributed by atoms with Gasteiger partial charge in [0.05, 0.1) is 12.5 Å². The lowest BCUT2D eigenvalue weighted by molar-refractivity contribution is 0.100. The molecule has 1 aromatic rings. The number of hydrogen-bond acceptors (Lipinski definition) is 2. The molecule has 0 aliphatic heterocycles. The first-order chi connectivity index (χ1) is 6.29. The van der Waals surface area contributed by atoms with Gasteiger partial charge < -0.3 is 4.57 Å². The van der Waals surface area contributed by atoms with Gasteiger partial charge in [-0.25, -0.2) is 4.98 Å². The maximum atomic E-state index is 11.2. The molecule has 3 heteroatoms. The van der Waals surface area contributed by atoms with Gasteiger partial charge in [-0.2, -0.15) is 0 Å². The Morgan fingerprint density at radius 3 is 2.85 bits per heavy atom. The second-order valence-corrected chi connectivity index (χ2v) is 3.68. The molecule has 0 aromatic carbocycles. The van der Waals surface area contributed by atoms with Crippen molar-refractivity contribution in [1.82, 2.24) is 9.55 Å². The van der Waals surface area contributed by atoms with Crippen molar-refractivity contribution in [2.45, 2.75) is 38.6 Å². The van der Waals surface area contributed by atoms with Gasteiger partial charge in [-0.3, -0.25) is 4.79 Å². The Bertz CT molecular complexity index is 310. The molecular weight excluding hydrogens is 164 g/mol. The predicted octanol–water partition coefficient (Wildman–Crippen LogP) is 2.20. The minimum atomic E-state index is 0.115. The van der Waals surface area contributed by atoms with Crippen LogP contribution in [-0.2, 0) is 0 Å². The fourth-order valence-corrected chi connectivity index (χ4v) is 2.05. The van der Waals surface area contributed by atoms with Crippen molar-refractivity contribution in [2.75, 3.05) is 0 Å². The normalized spacial score (nSPS) is 17.9. The van der Waals surface area contributed by atoms with Gasteiger partial charge in [0.15, 0.2) is 5.78 Å². The lowest BCUT2D eigenvalue weighted by atomic mass is 10.2. The van der Waals surface area contributed by atoms with Crippen LogP contribution in [0.5, 0.6) is 0 Å². The van der Waals surface area contributed by atoms with E-state index in [-0.39, 0.29) is 5.78 Å². The fraction of sp³-hybridized carbons (Fsp3) is 0.600. The molecule has 0 bridgehead atoms. The van der Waals surface area contributed by atoms with Gasteiger partial charge in [0.25, 0.3) is 0 Å². The number of aromatic nitrogens is 2. The van der Waals surface area contributed by atoms with E-state index in [1.807, 2.05) is 4.57 Å². The van der Waals surface area contributed by atoms with Crippen LogP contribution in [0.2, 0.25) is 0 Å². The highest BCUT2D eigenvalue weighted by Gasteiger charge is 2.19. The number of nitrogens with zero attached hydrogens (tertiary/aromatic N) is 2. The van der Waals surface area contributed by atoms with Gasteiger partial charge in [-0.15, -0.1) is 0 Å². The number of rotatable bonds is 2. The molecule has 0 atom stereocenters. The molecule has 3 nitrogen and oxygen atoms in total. The van der Waals surface area contributed by atoms with E-state index in [1.54, 1.807) is 19.4 Å². The van der Waals surface area contributed by atoms with Crippen LogP contribution in [-0.4, -0.2) is 15.3 Å². The van der Waals surface area contributed by atoms with Crippen LogP contribution in [0.25, 0.3) is 0 Å². The van der Waals surface area contributed by atoms with Crippen LogP contribution < -0.4 is 0 Å². The van der Waals surface area contributed by atoms with E-state index in [9.17, 15) is 4.79 Å². The quantitative estimate of drug-likeness (QED) is 0.651. The molecule has 1 saturated carbocycles. The van der Waals surface area contributed by atoms with Gasteiger partial charge in [0.2, 0.25) is 0 Å². The van der Waals surface area contributed by atoms with Crippen LogP contribution in [0.3, 0.4) is 0 Å². The van der Waals surface area contributed by atoms with Crippen molar-refractivity contribution in [3.8, 4) is 0 Å². The van der Waals surface area contributed by atoms with Gasteiger partial charge in [0, 0.05) is 13.0 Å². The van der Waals surface area contributed by atoms with Crippen LogP contribution >= 0.6 is 0 Å². The standard InChI is InChI=1S/C10H14N2O/c1-8(13)10-6-11-7-12(10)9-4-2-3-5-9/h6-7,9H,2-5H2,1H3. The van der Waals surface area contributed by atoms with E-state index in [4.69, 9.17) is 0 Å². The monoisotopic (exact) mass is 178 g/mol. The Labute approximate surface area is 77.8 Å². The number of ketones is 1. The number of carbonyl (C=O) groups excluding carboxylic acids is 1. The average Bonchev–Trinajstić information content (AvgIpc) is 2.74. The van der Waals surface area contributed by atoms with E-state index in [0.717, 1.165) is 5.69 Å². The zero-order valence-corrected chi connectivity index (χ0v) is 7.86. The minimum absolute atomic E-state index is 0.115. The highest BCUT2D eigenvalue weighted by atomic mass is 16.1. The summed E-state index contributed by atoms with van der Waals surface area (Å²) in [6.07, 6.45) is 8.39. The van der Waals surface area contributed by atoms with Crippen LogP contribution in [0.4, 0.5) is 0 Å². The third-order valence-corrected chi connectivity index (χ3v) is 2.74. The minimum Gasteiger partial charge on any atom is -0.325 e. The highest BCUT2D eigenvalue weighted by Crippen LogP contribution is 2.30. The maximum absolute atomic E-state index is 11.2. The van der Waals surface area contributed by atoms with Crippen molar-refractivity contribution in [3.63, 3.8) is 0 Å². The molecule has 1 aliphatic rings. The number of hydrogen-bond donors (Lipinski definition) is 0. The molecule has 1 aromatic heterocycles. The van der Waals surface area contributed by atoms with E-state index in [1.165, 1.54) is 25.7 Å². The first-order valence-electron chi connectivity index (χ1n) is 4.82. The summed E-state index contributed by atoms with van der Waals surface area (Å²) in [5.41, 5.74) is 0.756. The summed E-state index contributed by atoms with van der Waals surface area (Å²) in [4.78, 5) is 15.3. The van der Waals surface area contributed by atoms with Gasteiger partial charge in [0.1, 0.15) is 5.69 Å². The maximum Gasteiger partial charge on any atom is 0.177 e. The van der Waals surface area contributed by atoms with Gasteiger partial charge in [-0.1, -0.05) is 12.8 Å². The highest BCUT2D eigenvalue weighted by molar-refractivity contribution is 5.92. The summed E-state index contributed by atoms with van der Waals surface area (Å²) >= 11 is 0. The summed E-state index contributed by atoms with van der Waals surface area (Å²) < 4.78 is 2.04.